The lowest BCUT2D eigenvalue weighted by Crippen LogP contribution is -2.19. The fourth-order valence-corrected chi connectivity index (χ4v) is 2.50. The number of nitrogens with one attached hydrogen (secondary N) is 1. The van der Waals surface area contributed by atoms with E-state index in [4.69, 9.17) is 5.26 Å². The predicted octanol–water partition coefficient (Wildman–Crippen LogP) is 4.44. The molecule has 1 N–H and O–H groups in total. The van der Waals surface area contributed by atoms with Crippen LogP contribution in [0.15, 0.2) is 84.9 Å². The van der Waals surface area contributed by atoms with Gasteiger partial charge in [-0.1, -0.05) is 72.5 Å². The Morgan fingerprint density at radius 3 is 2.04 bits per heavy atom. The highest BCUT2D eigenvalue weighted by Crippen LogP contribution is 2.15. The monoisotopic (exact) mass is 322 g/mol. The van der Waals surface area contributed by atoms with Crippen LogP contribution in [0.25, 0.3) is 0 Å². The molecule has 1 atom stereocenters. The highest BCUT2D eigenvalue weighted by atomic mass is 14.9. The zero-order valence-electron chi connectivity index (χ0n) is 13.8. The Morgan fingerprint density at radius 1 is 0.760 bits per heavy atom. The minimum absolute atomic E-state index is 0.104. The van der Waals surface area contributed by atoms with E-state index in [-0.39, 0.29) is 6.04 Å². The van der Waals surface area contributed by atoms with Crippen molar-refractivity contribution in [2.24, 2.45) is 0 Å². The van der Waals surface area contributed by atoms with Gasteiger partial charge in [-0.3, -0.25) is 5.32 Å². The molecule has 3 rings (SSSR count). The van der Waals surface area contributed by atoms with Crippen molar-refractivity contribution in [1.82, 2.24) is 5.32 Å². The van der Waals surface area contributed by atoms with E-state index in [9.17, 15) is 0 Å². The van der Waals surface area contributed by atoms with Crippen LogP contribution in [-0.4, -0.2) is 0 Å². The third-order valence-corrected chi connectivity index (χ3v) is 3.86. The van der Waals surface area contributed by atoms with Crippen molar-refractivity contribution in [3.05, 3.63) is 107 Å². The lowest BCUT2D eigenvalue weighted by Gasteiger charge is -2.14. The summed E-state index contributed by atoms with van der Waals surface area (Å²) in [6, 6.07) is 29.8. The summed E-state index contributed by atoms with van der Waals surface area (Å²) in [7, 11) is 0. The minimum atomic E-state index is -0.104. The molecule has 0 aliphatic heterocycles. The van der Waals surface area contributed by atoms with Crippen LogP contribution in [0.4, 0.5) is 0 Å². The third kappa shape index (κ3) is 4.82. The second-order valence-electron chi connectivity index (χ2n) is 5.67. The highest BCUT2D eigenvalue weighted by molar-refractivity contribution is 5.39. The second kappa shape index (κ2) is 8.50. The molecule has 3 aromatic rings. The molecule has 25 heavy (non-hydrogen) atoms. The third-order valence-electron chi connectivity index (χ3n) is 3.86. The van der Waals surface area contributed by atoms with Gasteiger partial charge in [0.15, 0.2) is 0 Å². The Balaban J connectivity index is 1.82. The number of nitrogens with zero attached hydrogens (tertiary/aromatic N) is 1. The topological polar surface area (TPSA) is 35.8 Å². The summed E-state index contributed by atoms with van der Waals surface area (Å²) >= 11 is 0. The smallest absolute Gasteiger partial charge is 0.0991 e. The molecule has 0 fully saturated rings. The summed E-state index contributed by atoms with van der Waals surface area (Å²) in [6.07, 6.45) is 0. The summed E-state index contributed by atoms with van der Waals surface area (Å²) in [4.78, 5) is 0. The van der Waals surface area contributed by atoms with Crippen molar-refractivity contribution in [3.63, 3.8) is 0 Å². The molecule has 0 bridgehead atoms. The first-order valence-corrected chi connectivity index (χ1v) is 8.19. The van der Waals surface area contributed by atoms with Gasteiger partial charge in [-0.15, -0.1) is 0 Å². The number of rotatable bonds is 4. The van der Waals surface area contributed by atoms with Gasteiger partial charge in [-0.2, -0.15) is 5.26 Å². The zero-order valence-corrected chi connectivity index (χ0v) is 13.8. The van der Waals surface area contributed by atoms with Crippen molar-refractivity contribution in [2.45, 2.75) is 12.6 Å². The SMILES string of the molecule is N#Cc1ccc(C(C#Cc2ccccc2)NCc2ccccc2)cc1. The molecular weight excluding hydrogens is 304 g/mol. The zero-order chi connectivity index (χ0) is 17.3. The van der Waals surface area contributed by atoms with Crippen LogP contribution in [0.3, 0.4) is 0 Å². The van der Waals surface area contributed by atoms with Crippen LogP contribution in [-0.2, 0) is 6.54 Å². The van der Waals surface area contributed by atoms with Crippen molar-refractivity contribution in [2.75, 3.05) is 0 Å². The van der Waals surface area contributed by atoms with Crippen LogP contribution in [0.5, 0.6) is 0 Å². The van der Waals surface area contributed by atoms with Gasteiger partial charge in [0.2, 0.25) is 0 Å². The number of benzene rings is 3. The van der Waals surface area contributed by atoms with Gasteiger partial charge in [-0.05, 0) is 35.4 Å². The Morgan fingerprint density at radius 2 is 1.40 bits per heavy atom. The molecule has 1 unspecified atom stereocenters. The Kier molecular flexibility index (Phi) is 5.62. The van der Waals surface area contributed by atoms with Crippen LogP contribution in [0.2, 0.25) is 0 Å². The summed E-state index contributed by atoms with van der Waals surface area (Å²) < 4.78 is 0. The first kappa shape index (κ1) is 16.5. The maximum Gasteiger partial charge on any atom is 0.0991 e. The lowest BCUT2D eigenvalue weighted by molar-refractivity contribution is 0.636. The van der Waals surface area contributed by atoms with Crippen molar-refractivity contribution in [3.8, 4) is 17.9 Å². The van der Waals surface area contributed by atoms with Crippen LogP contribution in [0, 0.1) is 23.2 Å². The Bertz CT molecular complexity index is 896. The van der Waals surface area contributed by atoms with Crippen LogP contribution in [0.1, 0.15) is 28.3 Å². The van der Waals surface area contributed by atoms with Gasteiger partial charge in [-0.25, -0.2) is 0 Å². The normalized spacial score (nSPS) is 11.0. The van der Waals surface area contributed by atoms with Crippen LogP contribution < -0.4 is 5.32 Å². The van der Waals surface area contributed by atoms with Gasteiger partial charge in [0.25, 0.3) is 0 Å². The first-order chi connectivity index (χ1) is 12.3. The summed E-state index contributed by atoms with van der Waals surface area (Å²) in [6.45, 7) is 0.731. The summed E-state index contributed by atoms with van der Waals surface area (Å²) in [5.41, 5.74) is 3.91. The minimum Gasteiger partial charge on any atom is -0.296 e. The van der Waals surface area contributed by atoms with Gasteiger partial charge in [0.1, 0.15) is 0 Å². The fourth-order valence-electron chi connectivity index (χ4n) is 2.50. The molecule has 0 heterocycles. The molecule has 0 aliphatic rings. The maximum absolute atomic E-state index is 8.98. The molecule has 0 aromatic heterocycles. The Labute approximate surface area is 148 Å². The molecule has 0 saturated heterocycles. The molecule has 2 nitrogen and oxygen atoms in total. The quantitative estimate of drug-likeness (QED) is 0.721. The molecular formula is C23H18N2. The molecule has 0 radical (unpaired) electrons. The van der Waals surface area contributed by atoms with Crippen molar-refractivity contribution in [1.29, 1.82) is 5.26 Å². The highest BCUT2D eigenvalue weighted by Gasteiger charge is 2.08. The van der Waals surface area contributed by atoms with E-state index in [0.29, 0.717) is 5.56 Å². The van der Waals surface area contributed by atoms with Crippen molar-refractivity contribution < 1.29 is 0 Å². The first-order valence-electron chi connectivity index (χ1n) is 8.19. The van der Waals surface area contributed by atoms with Gasteiger partial charge in [0, 0.05) is 12.1 Å². The molecule has 0 spiro atoms. The molecule has 3 aromatic carbocycles. The summed E-state index contributed by atoms with van der Waals surface area (Å²) in [5, 5.41) is 12.5. The maximum atomic E-state index is 8.98. The van der Waals surface area contributed by atoms with E-state index < -0.39 is 0 Å². The average molecular weight is 322 g/mol. The fraction of sp³-hybridized carbons (Fsp3) is 0.0870. The average Bonchev–Trinajstić information content (AvgIpc) is 2.70. The van der Waals surface area contributed by atoms with Gasteiger partial charge in [0.05, 0.1) is 17.7 Å². The second-order valence-corrected chi connectivity index (χ2v) is 5.67. The number of nitriles is 1. The summed E-state index contributed by atoms with van der Waals surface area (Å²) in [5.74, 6) is 6.55. The van der Waals surface area contributed by atoms with E-state index in [1.54, 1.807) is 0 Å². The van der Waals surface area contributed by atoms with E-state index >= 15 is 0 Å². The lowest BCUT2D eigenvalue weighted by atomic mass is 10.0. The van der Waals surface area contributed by atoms with E-state index in [1.807, 2.05) is 72.8 Å². The van der Waals surface area contributed by atoms with Gasteiger partial charge < -0.3 is 0 Å². The van der Waals surface area contributed by atoms with E-state index in [2.05, 4.69) is 35.4 Å². The number of hydrogen-bond donors (Lipinski definition) is 1. The molecule has 0 aliphatic carbocycles. The predicted molar refractivity (Wildman–Crippen MR) is 100 cm³/mol. The standard InChI is InChI=1S/C23H18N2/c24-17-20-11-14-22(15-12-20)23(16-13-19-7-3-1-4-8-19)25-18-21-9-5-2-6-10-21/h1-12,14-15,23,25H,18H2. The van der Waals surface area contributed by atoms with E-state index in [1.165, 1.54) is 5.56 Å². The van der Waals surface area contributed by atoms with Gasteiger partial charge >= 0.3 is 0 Å². The molecule has 0 saturated carbocycles. The largest absolute Gasteiger partial charge is 0.296 e. The van der Waals surface area contributed by atoms with Crippen LogP contribution >= 0.6 is 0 Å². The molecule has 120 valence electrons. The number of hydrogen-bond acceptors (Lipinski definition) is 2. The Hall–Kier alpha value is -3.33. The molecule has 0 amide bonds. The van der Waals surface area contributed by atoms with E-state index in [0.717, 1.165) is 17.7 Å². The molecule has 2 heteroatoms. The van der Waals surface area contributed by atoms with Crippen molar-refractivity contribution >= 4 is 0 Å².